The Morgan fingerprint density at radius 1 is 1.50 bits per heavy atom. The zero-order chi connectivity index (χ0) is 13.3. The molecule has 98 valence electrons. The van der Waals surface area contributed by atoms with E-state index in [9.17, 15) is 9.90 Å². The minimum Gasteiger partial charge on any atom is -0.397 e. The molecule has 0 spiro atoms. The molecule has 0 aliphatic heterocycles. The molecule has 0 radical (unpaired) electrons. The number of nitrogen functional groups attached to an aromatic ring is 1. The van der Waals surface area contributed by atoms with Crippen molar-refractivity contribution < 1.29 is 9.90 Å². The Kier molecular flexibility index (Phi) is 3.43. The van der Waals surface area contributed by atoms with E-state index in [0.29, 0.717) is 17.2 Å². The lowest BCUT2D eigenvalue weighted by Crippen LogP contribution is -2.37. The number of carbonyl (C=O) groups excluding carboxylic acids is 1. The topological polar surface area (TPSA) is 92.6 Å². The number of nitrogens with two attached hydrogens (primary N) is 2. The molecule has 1 fully saturated rings. The van der Waals surface area contributed by atoms with Gasteiger partial charge in [-0.25, -0.2) is 0 Å². The number of amides is 1. The fourth-order valence-electron chi connectivity index (χ4n) is 2.39. The van der Waals surface area contributed by atoms with Crippen LogP contribution in [-0.2, 0) is 0 Å². The van der Waals surface area contributed by atoms with E-state index in [1.165, 1.54) is 0 Å². The van der Waals surface area contributed by atoms with Crippen LogP contribution in [0.4, 0.5) is 11.4 Å². The Morgan fingerprint density at radius 2 is 2.17 bits per heavy atom. The summed E-state index contributed by atoms with van der Waals surface area (Å²) in [6, 6.07) is 5.09. The van der Waals surface area contributed by atoms with Gasteiger partial charge in [0.1, 0.15) is 0 Å². The van der Waals surface area contributed by atoms with Crippen LogP contribution in [0.25, 0.3) is 0 Å². The summed E-state index contributed by atoms with van der Waals surface area (Å²) in [5.41, 5.74) is 13.0. The number of benzene rings is 1. The first-order valence-corrected chi connectivity index (χ1v) is 6.06. The van der Waals surface area contributed by atoms with Gasteiger partial charge in [0.15, 0.2) is 0 Å². The van der Waals surface area contributed by atoms with Gasteiger partial charge in [0, 0.05) is 19.2 Å². The smallest absolute Gasteiger partial charge is 0.248 e. The van der Waals surface area contributed by atoms with E-state index in [0.717, 1.165) is 25.1 Å². The number of primary amides is 1. The van der Waals surface area contributed by atoms with Gasteiger partial charge in [0.05, 0.1) is 17.5 Å². The third kappa shape index (κ3) is 2.56. The van der Waals surface area contributed by atoms with Crippen LogP contribution in [0.3, 0.4) is 0 Å². The second kappa shape index (κ2) is 4.86. The van der Waals surface area contributed by atoms with E-state index < -0.39 is 5.91 Å². The van der Waals surface area contributed by atoms with Crippen LogP contribution < -0.4 is 16.4 Å². The van der Waals surface area contributed by atoms with E-state index in [1.807, 2.05) is 13.1 Å². The molecule has 1 aliphatic carbocycles. The minimum atomic E-state index is -0.474. The highest BCUT2D eigenvalue weighted by Gasteiger charge is 2.28. The molecular formula is C13H19N3O2. The summed E-state index contributed by atoms with van der Waals surface area (Å²) in [7, 11) is 1.96. The van der Waals surface area contributed by atoms with Gasteiger partial charge in [-0.2, -0.15) is 0 Å². The fourth-order valence-corrected chi connectivity index (χ4v) is 2.39. The lowest BCUT2D eigenvalue weighted by molar-refractivity contribution is 0.0465. The van der Waals surface area contributed by atoms with E-state index >= 15 is 0 Å². The predicted octanol–water partition coefficient (Wildman–Crippen LogP) is 0.575. The van der Waals surface area contributed by atoms with Crippen LogP contribution in [0.15, 0.2) is 18.2 Å². The number of rotatable bonds is 4. The molecule has 5 N–H and O–H groups in total. The average Bonchev–Trinajstić information content (AvgIpc) is 2.26. The van der Waals surface area contributed by atoms with Crippen LogP contribution in [-0.4, -0.2) is 30.7 Å². The molecule has 0 atom stereocenters. The van der Waals surface area contributed by atoms with Crippen molar-refractivity contribution >= 4 is 17.3 Å². The molecule has 0 bridgehead atoms. The third-order valence-corrected chi connectivity index (χ3v) is 3.47. The number of hydrogen-bond donors (Lipinski definition) is 3. The van der Waals surface area contributed by atoms with E-state index in [2.05, 4.69) is 4.90 Å². The number of aliphatic hydroxyl groups excluding tert-OH is 1. The van der Waals surface area contributed by atoms with Crippen LogP contribution in [0.2, 0.25) is 0 Å². The van der Waals surface area contributed by atoms with Crippen LogP contribution in [0.1, 0.15) is 23.2 Å². The molecule has 0 heterocycles. The Balaban J connectivity index is 2.05. The number of hydrogen-bond acceptors (Lipinski definition) is 4. The molecule has 5 heteroatoms. The van der Waals surface area contributed by atoms with Crippen molar-refractivity contribution in [1.29, 1.82) is 0 Å². The Labute approximate surface area is 106 Å². The predicted molar refractivity (Wildman–Crippen MR) is 71.4 cm³/mol. The highest BCUT2D eigenvalue weighted by molar-refractivity contribution is 5.94. The van der Waals surface area contributed by atoms with Gasteiger partial charge in [-0.3, -0.25) is 4.79 Å². The maximum absolute atomic E-state index is 11.0. The molecule has 0 unspecified atom stereocenters. The summed E-state index contributed by atoms with van der Waals surface area (Å²) in [6.07, 6.45) is 1.56. The van der Waals surface area contributed by atoms with Crippen LogP contribution >= 0.6 is 0 Å². The quantitative estimate of drug-likeness (QED) is 0.680. The highest BCUT2D eigenvalue weighted by Crippen LogP contribution is 2.31. The maximum Gasteiger partial charge on any atom is 0.248 e. The van der Waals surface area contributed by atoms with Crippen LogP contribution in [0, 0.1) is 5.92 Å². The van der Waals surface area contributed by atoms with Gasteiger partial charge in [0.25, 0.3) is 0 Å². The zero-order valence-electron chi connectivity index (χ0n) is 10.5. The summed E-state index contributed by atoms with van der Waals surface area (Å²) >= 11 is 0. The van der Waals surface area contributed by atoms with Crippen molar-refractivity contribution in [3.05, 3.63) is 23.8 Å². The van der Waals surface area contributed by atoms with Gasteiger partial charge in [-0.05, 0) is 37.0 Å². The molecule has 1 aromatic carbocycles. The second-order valence-electron chi connectivity index (χ2n) is 5.01. The van der Waals surface area contributed by atoms with Crippen molar-refractivity contribution in [2.75, 3.05) is 24.2 Å². The van der Waals surface area contributed by atoms with Crippen LogP contribution in [0.5, 0.6) is 0 Å². The first-order chi connectivity index (χ1) is 8.47. The number of carbonyl (C=O) groups is 1. The summed E-state index contributed by atoms with van der Waals surface area (Å²) in [5.74, 6) is 0.0400. The summed E-state index contributed by atoms with van der Waals surface area (Å²) < 4.78 is 0. The summed E-state index contributed by atoms with van der Waals surface area (Å²) in [5, 5.41) is 9.26. The SMILES string of the molecule is CN(CC1CC(O)C1)c1ccc(C(N)=O)cc1N. The third-order valence-electron chi connectivity index (χ3n) is 3.47. The summed E-state index contributed by atoms with van der Waals surface area (Å²) in [6.45, 7) is 0.858. The molecule has 0 aromatic heterocycles. The van der Waals surface area contributed by atoms with Gasteiger partial charge < -0.3 is 21.5 Å². The van der Waals surface area contributed by atoms with Gasteiger partial charge in [-0.15, -0.1) is 0 Å². The monoisotopic (exact) mass is 249 g/mol. The van der Waals surface area contributed by atoms with Gasteiger partial charge in [0.2, 0.25) is 5.91 Å². The number of nitrogens with zero attached hydrogens (tertiary/aromatic N) is 1. The molecule has 18 heavy (non-hydrogen) atoms. The molecule has 0 saturated heterocycles. The minimum absolute atomic E-state index is 0.141. The average molecular weight is 249 g/mol. The molecule has 5 nitrogen and oxygen atoms in total. The number of anilines is 2. The summed E-state index contributed by atoms with van der Waals surface area (Å²) in [4.78, 5) is 13.1. The van der Waals surface area contributed by atoms with Gasteiger partial charge in [-0.1, -0.05) is 0 Å². The molecule has 1 aromatic rings. The molecule has 1 aliphatic rings. The molecule has 2 rings (SSSR count). The first kappa shape index (κ1) is 12.7. The highest BCUT2D eigenvalue weighted by atomic mass is 16.3. The molecular weight excluding hydrogens is 230 g/mol. The number of aliphatic hydroxyl groups is 1. The zero-order valence-corrected chi connectivity index (χ0v) is 10.5. The van der Waals surface area contributed by atoms with Crippen molar-refractivity contribution in [2.24, 2.45) is 11.7 Å². The van der Waals surface area contributed by atoms with Crippen molar-refractivity contribution in [3.8, 4) is 0 Å². The maximum atomic E-state index is 11.0. The molecule has 1 saturated carbocycles. The Bertz CT molecular complexity index is 456. The Morgan fingerprint density at radius 3 is 2.67 bits per heavy atom. The van der Waals surface area contributed by atoms with Crippen molar-refractivity contribution in [1.82, 2.24) is 0 Å². The largest absolute Gasteiger partial charge is 0.397 e. The standard InChI is InChI=1S/C13H19N3O2/c1-16(7-8-4-10(17)5-8)12-3-2-9(13(15)18)6-11(12)14/h2-3,6,8,10,17H,4-5,7,14H2,1H3,(H2,15,18). The van der Waals surface area contributed by atoms with E-state index in [1.54, 1.807) is 12.1 Å². The lowest BCUT2D eigenvalue weighted by atomic mass is 9.82. The van der Waals surface area contributed by atoms with Crippen molar-refractivity contribution in [3.63, 3.8) is 0 Å². The first-order valence-electron chi connectivity index (χ1n) is 6.06. The van der Waals surface area contributed by atoms with E-state index in [-0.39, 0.29) is 6.10 Å². The fraction of sp³-hybridized carbons (Fsp3) is 0.462. The lowest BCUT2D eigenvalue weighted by Gasteiger charge is -2.35. The second-order valence-corrected chi connectivity index (χ2v) is 5.01. The van der Waals surface area contributed by atoms with Crippen molar-refractivity contribution in [2.45, 2.75) is 18.9 Å². The normalized spacial score (nSPS) is 22.3. The van der Waals surface area contributed by atoms with Gasteiger partial charge >= 0.3 is 0 Å². The Hall–Kier alpha value is -1.75. The van der Waals surface area contributed by atoms with E-state index in [4.69, 9.17) is 11.5 Å². The molecule has 1 amide bonds.